The summed E-state index contributed by atoms with van der Waals surface area (Å²) in [6.45, 7) is 6.62. The molecule has 226 valence electrons. The van der Waals surface area contributed by atoms with Crippen molar-refractivity contribution in [2.45, 2.75) is 19.4 Å². The Labute approximate surface area is 248 Å². The number of ether oxygens (including phenoxy) is 4. The third kappa shape index (κ3) is 7.88. The Bertz CT molecular complexity index is 1550. The van der Waals surface area contributed by atoms with Crippen molar-refractivity contribution in [2.75, 3.05) is 51.9 Å². The molecule has 1 aliphatic heterocycles. The zero-order valence-electron chi connectivity index (χ0n) is 24.1. The average Bonchev–Trinajstić information content (AvgIpc) is 3.01. The van der Waals surface area contributed by atoms with Gasteiger partial charge in [-0.2, -0.15) is 0 Å². The van der Waals surface area contributed by atoms with Crippen LogP contribution in [0.5, 0.6) is 23.0 Å². The number of hydrogen-bond acceptors (Lipinski definition) is 7. The Balaban J connectivity index is 1.19. The largest absolute Gasteiger partial charge is 0.493 e. The van der Waals surface area contributed by atoms with Crippen LogP contribution in [0.3, 0.4) is 0 Å². The number of fused-ring (bicyclic) bond motifs is 1. The molecule has 0 radical (unpaired) electrons. The van der Waals surface area contributed by atoms with Gasteiger partial charge in [-0.1, -0.05) is 6.07 Å². The summed E-state index contributed by atoms with van der Waals surface area (Å²) in [6.07, 6.45) is 2.55. The maximum atomic E-state index is 13.5. The molecule has 1 aliphatic rings. The number of pyridine rings is 1. The van der Waals surface area contributed by atoms with Crippen LogP contribution < -0.4 is 24.8 Å². The van der Waals surface area contributed by atoms with E-state index in [1.54, 1.807) is 50.6 Å². The zero-order chi connectivity index (χ0) is 30.2. The Hall–Kier alpha value is -4.48. The summed E-state index contributed by atoms with van der Waals surface area (Å²) in [5, 5.41) is 6.19. The first-order valence-corrected chi connectivity index (χ1v) is 14.1. The Morgan fingerprint density at radius 3 is 2.53 bits per heavy atom. The number of rotatable bonds is 11. The highest BCUT2D eigenvalue weighted by Crippen LogP contribution is 2.37. The van der Waals surface area contributed by atoms with Crippen LogP contribution >= 0.6 is 0 Å². The van der Waals surface area contributed by atoms with Crippen LogP contribution in [0, 0.1) is 11.6 Å². The highest BCUT2D eigenvalue weighted by molar-refractivity contribution is 5.90. The second-order valence-corrected chi connectivity index (χ2v) is 10.1. The molecule has 4 aromatic rings. The monoisotopic (exact) mass is 592 g/mol. The number of nitrogens with zero attached hydrogens (tertiary/aromatic N) is 2. The highest BCUT2D eigenvalue weighted by Gasteiger charge is 2.15. The minimum Gasteiger partial charge on any atom is -0.493 e. The van der Waals surface area contributed by atoms with Crippen LogP contribution in [0.4, 0.5) is 19.3 Å². The number of methoxy groups -OCH3 is 1. The van der Waals surface area contributed by atoms with Gasteiger partial charge < -0.3 is 29.6 Å². The molecule has 5 rings (SSSR count). The lowest BCUT2D eigenvalue weighted by atomic mass is 10.1. The van der Waals surface area contributed by atoms with Crippen molar-refractivity contribution in [1.82, 2.24) is 15.2 Å². The number of aromatic nitrogens is 1. The number of amides is 2. The molecule has 9 nitrogen and oxygen atoms in total. The Kier molecular flexibility index (Phi) is 9.85. The van der Waals surface area contributed by atoms with Gasteiger partial charge in [0, 0.05) is 43.0 Å². The molecular formula is C32H34F2N4O5. The van der Waals surface area contributed by atoms with Crippen LogP contribution in [0.25, 0.3) is 10.9 Å². The van der Waals surface area contributed by atoms with E-state index < -0.39 is 23.7 Å². The molecule has 43 heavy (non-hydrogen) atoms. The number of nitrogens with one attached hydrogen (secondary N) is 2. The Morgan fingerprint density at radius 2 is 1.79 bits per heavy atom. The molecule has 0 bridgehead atoms. The number of urea groups is 1. The van der Waals surface area contributed by atoms with E-state index >= 15 is 0 Å². The Morgan fingerprint density at radius 1 is 1.00 bits per heavy atom. The van der Waals surface area contributed by atoms with Gasteiger partial charge in [0.15, 0.2) is 23.1 Å². The lowest BCUT2D eigenvalue weighted by Gasteiger charge is -2.26. The number of morpholine rings is 1. The summed E-state index contributed by atoms with van der Waals surface area (Å²) in [7, 11) is 1.60. The van der Waals surface area contributed by atoms with Crippen LogP contribution in [-0.4, -0.2) is 62.5 Å². The molecule has 1 fully saturated rings. The van der Waals surface area contributed by atoms with Crippen LogP contribution in [0.2, 0.25) is 0 Å². The van der Waals surface area contributed by atoms with Crippen molar-refractivity contribution in [3.05, 3.63) is 84.1 Å². The van der Waals surface area contributed by atoms with Crippen molar-refractivity contribution in [2.24, 2.45) is 0 Å². The quantitative estimate of drug-likeness (QED) is 0.198. The minimum atomic E-state index is -0.966. The van der Waals surface area contributed by atoms with Gasteiger partial charge in [0.05, 0.1) is 38.5 Å². The fourth-order valence-electron chi connectivity index (χ4n) is 4.75. The third-order valence-electron chi connectivity index (χ3n) is 7.10. The van der Waals surface area contributed by atoms with E-state index in [-0.39, 0.29) is 0 Å². The summed E-state index contributed by atoms with van der Waals surface area (Å²) < 4.78 is 50.0. The number of benzene rings is 3. The zero-order valence-corrected chi connectivity index (χ0v) is 24.1. The molecule has 1 atom stereocenters. The molecular weight excluding hydrogens is 558 g/mol. The number of carbonyl (C=O) groups excluding carboxylic acids is 1. The highest BCUT2D eigenvalue weighted by atomic mass is 19.2. The second kappa shape index (κ2) is 14.1. The van der Waals surface area contributed by atoms with Gasteiger partial charge in [-0.05, 0) is 67.4 Å². The number of hydrogen-bond donors (Lipinski definition) is 2. The standard InChI is InChI=1S/C32H34F2N4O5/c1-21(22-4-9-26(33)27(34)18-22)36-32(39)37-23-5-7-24(8-6-23)43-29-10-11-35-28-20-31(30(40-2)19-25(28)29)42-15-3-12-38-13-16-41-17-14-38/h4-11,18-21H,3,12-17H2,1-2H3,(H2,36,37,39). The molecule has 0 spiro atoms. The first kappa shape index (κ1) is 30.0. The SMILES string of the molecule is COc1cc2c(Oc3ccc(NC(=O)NC(C)c4ccc(F)c(F)c4)cc3)ccnc2cc1OCCCN1CCOCC1. The van der Waals surface area contributed by atoms with Gasteiger partial charge in [0.1, 0.15) is 11.5 Å². The lowest BCUT2D eigenvalue weighted by molar-refractivity contribution is 0.0357. The number of halogens is 2. The van der Waals surface area contributed by atoms with Gasteiger partial charge >= 0.3 is 6.03 Å². The first-order valence-electron chi connectivity index (χ1n) is 14.1. The van der Waals surface area contributed by atoms with Crippen molar-refractivity contribution in [3.63, 3.8) is 0 Å². The topological polar surface area (TPSA) is 94.2 Å². The molecule has 0 aliphatic carbocycles. The predicted molar refractivity (Wildman–Crippen MR) is 159 cm³/mol. The maximum Gasteiger partial charge on any atom is 0.319 e. The molecule has 2 N–H and O–H groups in total. The van der Waals surface area contributed by atoms with Gasteiger partial charge in [0.2, 0.25) is 0 Å². The molecule has 0 saturated carbocycles. The minimum absolute atomic E-state index is 0.446. The second-order valence-electron chi connectivity index (χ2n) is 10.1. The van der Waals surface area contributed by atoms with E-state index in [0.29, 0.717) is 46.4 Å². The summed E-state index contributed by atoms with van der Waals surface area (Å²) in [6, 6.07) is 14.8. The fourth-order valence-corrected chi connectivity index (χ4v) is 4.75. The molecule has 1 aromatic heterocycles. The van der Waals surface area contributed by atoms with Gasteiger partial charge in [-0.25, -0.2) is 13.6 Å². The van der Waals surface area contributed by atoms with E-state index in [2.05, 4.69) is 20.5 Å². The maximum absolute atomic E-state index is 13.5. The smallest absolute Gasteiger partial charge is 0.319 e. The molecule has 11 heteroatoms. The van der Waals surface area contributed by atoms with Crippen LogP contribution in [-0.2, 0) is 4.74 Å². The van der Waals surface area contributed by atoms with Crippen molar-refractivity contribution in [3.8, 4) is 23.0 Å². The van der Waals surface area contributed by atoms with Crippen LogP contribution in [0.15, 0.2) is 66.9 Å². The van der Waals surface area contributed by atoms with Crippen LogP contribution in [0.1, 0.15) is 24.9 Å². The van der Waals surface area contributed by atoms with E-state index in [1.165, 1.54) is 6.07 Å². The third-order valence-corrected chi connectivity index (χ3v) is 7.10. The number of carbonyl (C=O) groups is 1. The lowest BCUT2D eigenvalue weighted by Crippen LogP contribution is -2.37. The van der Waals surface area contributed by atoms with Gasteiger partial charge in [-0.15, -0.1) is 0 Å². The fraction of sp³-hybridized carbons (Fsp3) is 0.312. The predicted octanol–water partition coefficient (Wildman–Crippen LogP) is 6.30. The molecule has 1 unspecified atom stereocenters. The van der Waals surface area contributed by atoms with E-state index in [0.717, 1.165) is 56.8 Å². The van der Waals surface area contributed by atoms with E-state index in [1.807, 2.05) is 12.1 Å². The van der Waals surface area contributed by atoms with Crippen molar-refractivity contribution in [1.29, 1.82) is 0 Å². The van der Waals surface area contributed by atoms with Gasteiger partial charge in [0.25, 0.3) is 0 Å². The average molecular weight is 593 g/mol. The van der Waals surface area contributed by atoms with Crippen molar-refractivity contribution >= 4 is 22.6 Å². The molecule has 1 saturated heterocycles. The van der Waals surface area contributed by atoms with E-state index in [4.69, 9.17) is 18.9 Å². The summed E-state index contributed by atoms with van der Waals surface area (Å²) in [5.41, 5.74) is 1.67. The summed E-state index contributed by atoms with van der Waals surface area (Å²) in [5.74, 6) is 0.434. The van der Waals surface area contributed by atoms with Crippen molar-refractivity contribution < 1.29 is 32.5 Å². The number of anilines is 1. The summed E-state index contributed by atoms with van der Waals surface area (Å²) >= 11 is 0. The molecule has 2 heterocycles. The molecule has 2 amide bonds. The normalized spacial score (nSPS) is 14.2. The first-order chi connectivity index (χ1) is 20.9. The molecule has 3 aromatic carbocycles. The van der Waals surface area contributed by atoms with Gasteiger partial charge in [-0.3, -0.25) is 9.88 Å². The van der Waals surface area contributed by atoms with E-state index in [9.17, 15) is 13.6 Å². The summed E-state index contributed by atoms with van der Waals surface area (Å²) in [4.78, 5) is 19.3.